The van der Waals surface area contributed by atoms with Crippen LogP contribution in [0.1, 0.15) is 17.4 Å². The number of H-pyrrole nitrogens is 1. The fraction of sp³-hybridized carbons (Fsp3) is 0.267. The molecule has 1 heterocycles. The summed E-state index contributed by atoms with van der Waals surface area (Å²) in [6.07, 6.45) is 0. The average Bonchev–Trinajstić information content (AvgIpc) is 3.02. The van der Waals surface area contributed by atoms with Gasteiger partial charge in [0.2, 0.25) is 0 Å². The van der Waals surface area contributed by atoms with E-state index in [1.54, 1.807) is 25.3 Å². The van der Waals surface area contributed by atoms with Crippen LogP contribution in [0, 0.1) is 5.92 Å². The fourth-order valence-corrected chi connectivity index (χ4v) is 1.78. The van der Waals surface area contributed by atoms with Crippen LogP contribution in [0.2, 0.25) is 0 Å². The number of rotatable bonds is 6. The van der Waals surface area contributed by atoms with Gasteiger partial charge in [0.1, 0.15) is 11.4 Å². The number of nitrogens with zero attached hydrogens (tertiary/aromatic N) is 1. The number of benzene rings is 1. The molecular weight excluding hydrogens is 286 g/mol. The smallest absolute Gasteiger partial charge is 0.308 e. The first-order chi connectivity index (χ1) is 10.5. The SMILES string of the molecule is COc1ccc(-c2cc(C(=O)NCC(C)C(=O)O)[nH]n2)cc1. The minimum absolute atomic E-state index is 0.0606. The molecule has 0 saturated carbocycles. The molecular formula is C15H17N3O4. The number of aromatic amines is 1. The van der Waals surface area contributed by atoms with Crippen molar-refractivity contribution < 1.29 is 19.4 Å². The molecule has 1 unspecified atom stereocenters. The third kappa shape index (κ3) is 3.63. The largest absolute Gasteiger partial charge is 0.497 e. The Bertz CT molecular complexity index is 664. The van der Waals surface area contributed by atoms with Crippen LogP contribution in [0.15, 0.2) is 30.3 Å². The zero-order valence-electron chi connectivity index (χ0n) is 12.3. The van der Waals surface area contributed by atoms with Gasteiger partial charge >= 0.3 is 5.97 Å². The highest BCUT2D eigenvalue weighted by Crippen LogP contribution is 2.21. The van der Waals surface area contributed by atoms with Crippen LogP contribution in [0.3, 0.4) is 0 Å². The molecule has 2 aromatic rings. The standard InChI is InChI=1S/C15H17N3O4/c1-9(15(20)21)8-16-14(19)13-7-12(17-18-13)10-3-5-11(22-2)6-4-10/h3-7,9H,8H2,1-2H3,(H,16,19)(H,17,18)(H,20,21). The van der Waals surface area contributed by atoms with Crippen LogP contribution in [-0.2, 0) is 4.79 Å². The molecule has 1 aromatic heterocycles. The van der Waals surface area contributed by atoms with Gasteiger partial charge in [-0.3, -0.25) is 14.7 Å². The number of hydrogen-bond donors (Lipinski definition) is 3. The first kappa shape index (κ1) is 15.6. The monoisotopic (exact) mass is 303 g/mol. The minimum Gasteiger partial charge on any atom is -0.497 e. The van der Waals surface area contributed by atoms with Crippen LogP contribution in [-0.4, -0.2) is 40.8 Å². The summed E-state index contributed by atoms with van der Waals surface area (Å²) < 4.78 is 5.08. The van der Waals surface area contributed by atoms with E-state index in [-0.39, 0.29) is 18.1 Å². The van der Waals surface area contributed by atoms with Gasteiger partial charge in [0.05, 0.1) is 18.7 Å². The number of methoxy groups -OCH3 is 1. The predicted molar refractivity (Wildman–Crippen MR) is 79.7 cm³/mol. The molecule has 1 amide bonds. The molecule has 3 N–H and O–H groups in total. The molecule has 0 spiro atoms. The molecule has 1 aromatic carbocycles. The van der Waals surface area contributed by atoms with E-state index in [0.717, 1.165) is 11.3 Å². The summed E-state index contributed by atoms with van der Waals surface area (Å²) in [6.45, 7) is 1.59. The molecule has 1 atom stereocenters. The van der Waals surface area contributed by atoms with Crippen LogP contribution < -0.4 is 10.1 Å². The van der Waals surface area contributed by atoms with Gasteiger partial charge in [0.25, 0.3) is 5.91 Å². The second-order valence-corrected chi connectivity index (χ2v) is 4.84. The van der Waals surface area contributed by atoms with E-state index in [4.69, 9.17) is 9.84 Å². The number of aromatic nitrogens is 2. The third-order valence-corrected chi connectivity index (χ3v) is 3.20. The van der Waals surface area contributed by atoms with Gasteiger partial charge in [0.15, 0.2) is 0 Å². The lowest BCUT2D eigenvalue weighted by Crippen LogP contribution is -2.31. The summed E-state index contributed by atoms with van der Waals surface area (Å²) in [6, 6.07) is 8.89. The van der Waals surface area contributed by atoms with Crippen molar-refractivity contribution in [1.82, 2.24) is 15.5 Å². The highest BCUT2D eigenvalue weighted by Gasteiger charge is 2.15. The van der Waals surface area contributed by atoms with Crippen molar-refractivity contribution in [2.75, 3.05) is 13.7 Å². The second-order valence-electron chi connectivity index (χ2n) is 4.84. The number of carboxylic acid groups (broad SMARTS) is 1. The third-order valence-electron chi connectivity index (χ3n) is 3.20. The highest BCUT2D eigenvalue weighted by atomic mass is 16.5. The van der Waals surface area contributed by atoms with Crippen molar-refractivity contribution in [3.05, 3.63) is 36.0 Å². The zero-order chi connectivity index (χ0) is 16.1. The lowest BCUT2D eigenvalue weighted by atomic mass is 10.1. The van der Waals surface area contributed by atoms with Gasteiger partial charge in [-0.1, -0.05) is 6.92 Å². The molecule has 0 radical (unpaired) electrons. The molecule has 7 nitrogen and oxygen atoms in total. The van der Waals surface area contributed by atoms with Gasteiger partial charge in [-0.2, -0.15) is 5.10 Å². The van der Waals surface area contributed by atoms with E-state index in [1.165, 1.54) is 6.92 Å². The van der Waals surface area contributed by atoms with Gasteiger partial charge in [-0.05, 0) is 30.3 Å². The Labute approximate surface area is 127 Å². The molecule has 22 heavy (non-hydrogen) atoms. The first-order valence-electron chi connectivity index (χ1n) is 6.72. The maximum Gasteiger partial charge on any atom is 0.308 e. The van der Waals surface area contributed by atoms with Crippen molar-refractivity contribution in [2.24, 2.45) is 5.92 Å². The van der Waals surface area contributed by atoms with Crippen LogP contribution in [0.5, 0.6) is 5.75 Å². The topological polar surface area (TPSA) is 104 Å². The number of ether oxygens (including phenoxy) is 1. The Kier molecular flexibility index (Phi) is 4.77. The van der Waals surface area contributed by atoms with E-state index in [2.05, 4.69) is 15.5 Å². The zero-order valence-corrected chi connectivity index (χ0v) is 12.3. The van der Waals surface area contributed by atoms with E-state index in [9.17, 15) is 9.59 Å². The number of carbonyl (C=O) groups excluding carboxylic acids is 1. The number of aliphatic carboxylic acids is 1. The van der Waals surface area contributed by atoms with E-state index >= 15 is 0 Å². The van der Waals surface area contributed by atoms with Crippen molar-refractivity contribution in [3.63, 3.8) is 0 Å². The maximum absolute atomic E-state index is 11.9. The van der Waals surface area contributed by atoms with Crippen LogP contribution in [0.25, 0.3) is 11.3 Å². The van der Waals surface area contributed by atoms with Gasteiger partial charge in [0, 0.05) is 12.1 Å². The summed E-state index contributed by atoms with van der Waals surface area (Å²) in [7, 11) is 1.59. The number of hydrogen-bond acceptors (Lipinski definition) is 4. The van der Waals surface area contributed by atoms with Crippen molar-refractivity contribution in [1.29, 1.82) is 0 Å². The van der Waals surface area contributed by atoms with Crippen molar-refractivity contribution in [2.45, 2.75) is 6.92 Å². The molecule has 0 bridgehead atoms. The fourth-order valence-electron chi connectivity index (χ4n) is 1.78. The Morgan fingerprint density at radius 3 is 2.64 bits per heavy atom. The molecule has 0 saturated heterocycles. The number of amides is 1. The summed E-state index contributed by atoms with van der Waals surface area (Å²) in [4.78, 5) is 22.6. The molecule has 116 valence electrons. The Morgan fingerprint density at radius 1 is 1.36 bits per heavy atom. The predicted octanol–water partition coefficient (Wildman–Crippen LogP) is 1.54. The minimum atomic E-state index is -0.955. The normalized spacial score (nSPS) is 11.7. The van der Waals surface area contributed by atoms with Crippen LogP contribution in [0.4, 0.5) is 0 Å². The Hall–Kier alpha value is -2.83. The average molecular weight is 303 g/mol. The van der Waals surface area contributed by atoms with Crippen molar-refractivity contribution >= 4 is 11.9 Å². The maximum atomic E-state index is 11.9. The molecule has 0 aliphatic heterocycles. The van der Waals surface area contributed by atoms with E-state index < -0.39 is 11.9 Å². The van der Waals surface area contributed by atoms with Gasteiger partial charge in [-0.15, -0.1) is 0 Å². The Balaban J connectivity index is 2.03. The number of carbonyl (C=O) groups is 2. The summed E-state index contributed by atoms with van der Waals surface area (Å²) in [5.41, 5.74) is 1.75. The lowest BCUT2D eigenvalue weighted by molar-refractivity contribution is -0.140. The summed E-state index contributed by atoms with van der Waals surface area (Å²) >= 11 is 0. The van der Waals surface area contributed by atoms with Gasteiger partial charge < -0.3 is 15.2 Å². The molecule has 7 heteroatoms. The lowest BCUT2D eigenvalue weighted by Gasteiger charge is -2.06. The van der Waals surface area contributed by atoms with Crippen molar-refractivity contribution in [3.8, 4) is 17.0 Å². The van der Waals surface area contributed by atoms with E-state index in [1.807, 2.05) is 12.1 Å². The van der Waals surface area contributed by atoms with E-state index in [0.29, 0.717) is 5.69 Å². The first-order valence-corrected chi connectivity index (χ1v) is 6.72. The molecule has 0 aliphatic carbocycles. The quantitative estimate of drug-likeness (QED) is 0.751. The van der Waals surface area contributed by atoms with Gasteiger partial charge in [-0.25, -0.2) is 0 Å². The second kappa shape index (κ2) is 6.75. The number of carboxylic acids is 1. The molecule has 2 rings (SSSR count). The molecule has 0 fully saturated rings. The van der Waals surface area contributed by atoms with Crippen LogP contribution >= 0.6 is 0 Å². The summed E-state index contributed by atoms with van der Waals surface area (Å²) in [5.74, 6) is -1.25. The Morgan fingerprint density at radius 2 is 2.05 bits per heavy atom. The highest BCUT2D eigenvalue weighted by molar-refractivity contribution is 5.93. The number of nitrogens with one attached hydrogen (secondary N) is 2. The molecule has 0 aliphatic rings. The summed E-state index contributed by atoms with van der Waals surface area (Å²) in [5, 5.41) is 18.1.